The largest absolute Gasteiger partial charge is 0.501 e. The van der Waals surface area contributed by atoms with Gasteiger partial charge in [-0.1, -0.05) is 78.9 Å². The predicted octanol–water partition coefficient (Wildman–Crippen LogP) is 4.03. The number of ether oxygens (including phenoxy) is 2. The molecule has 224 valence electrons. The van der Waals surface area contributed by atoms with Gasteiger partial charge in [-0.3, -0.25) is 14.5 Å². The highest BCUT2D eigenvalue weighted by molar-refractivity contribution is 7.96. The molecule has 1 unspecified atom stereocenters. The molecule has 43 heavy (non-hydrogen) atoms. The van der Waals surface area contributed by atoms with E-state index in [4.69, 9.17) is 9.47 Å². The number of esters is 1. The van der Waals surface area contributed by atoms with Crippen molar-refractivity contribution in [2.45, 2.75) is 36.5 Å². The minimum absolute atomic E-state index is 0.252. The summed E-state index contributed by atoms with van der Waals surface area (Å²) in [5.74, 6) is -2.65. The van der Waals surface area contributed by atoms with Crippen molar-refractivity contribution in [3.8, 4) is 5.75 Å². The van der Waals surface area contributed by atoms with Crippen LogP contribution >= 0.6 is 0 Å². The van der Waals surface area contributed by atoms with E-state index in [0.29, 0.717) is 21.8 Å². The first-order chi connectivity index (χ1) is 20.5. The van der Waals surface area contributed by atoms with E-state index in [1.165, 1.54) is 0 Å². The highest BCUT2D eigenvalue weighted by Gasteiger charge is 2.59. The third-order valence-electron chi connectivity index (χ3n) is 7.07. The Morgan fingerprint density at radius 3 is 1.98 bits per heavy atom. The number of hydrogen-bond acceptors (Lipinski definition) is 7. The topological polar surface area (TPSA) is 119 Å². The molecule has 0 spiro atoms. The van der Waals surface area contributed by atoms with Crippen molar-refractivity contribution in [1.82, 2.24) is 10.2 Å². The minimum Gasteiger partial charge on any atom is -0.484 e. The number of nitrogens with zero attached hydrogens (tertiary/aromatic N) is 1. The number of nitrogens with one attached hydrogen (secondary N) is 1. The van der Waals surface area contributed by atoms with Gasteiger partial charge in [0.05, 0.1) is 10.9 Å². The van der Waals surface area contributed by atoms with Crippen molar-refractivity contribution in [1.29, 1.82) is 0 Å². The summed E-state index contributed by atoms with van der Waals surface area (Å²) in [5.41, 5.74) is -5.81. The van der Waals surface area contributed by atoms with Crippen molar-refractivity contribution in [3.63, 3.8) is 0 Å². The van der Waals surface area contributed by atoms with Crippen molar-refractivity contribution < 1.29 is 45.4 Å². The number of β-lactam (4-membered cyclic amide) rings is 1. The lowest BCUT2D eigenvalue weighted by Crippen LogP contribution is -2.72. The Hall–Kier alpha value is -4.65. The maximum Gasteiger partial charge on any atom is 0.501 e. The first kappa shape index (κ1) is 29.8. The van der Waals surface area contributed by atoms with Crippen LogP contribution in [0.15, 0.2) is 102 Å². The molecule has 0 aromatic heterocycles. The third kappa shape index (κ3) is 5.98. The van der Waals surface area contributed by atoms with Gasteiger partial charge in [0.15, 0.2) is 12.7 Å². The molecule has 13 heteroatoms. The van der Waals surface area contributed by atoms with Crippen molar-refractivity contribution >= 4 is 27.6 Å². The van der Waals surface area contributed by atoms with Gasteiger partial charge in [-0.25, -0.2) is 13.2 Å². The van der Waals surface area contributed by atoms with Crippen LogP contribution in [0, 0.1) is 0 Å². The molecule has 2 heterocycles. The number of rotatable bonds is 9. The van der Waals surface area contributed by atoms with Crippen LogP contribution in [0.5, 0.6) is 5.75 Å². The van der Waals surface area contributed by atoms with Crippen LogP contribution in [0.25, 0.3) is 0 Å². The van der Waals surface area contributed by atoms with Crippen LogP contribution in [0.3, 0.4) is 0 Å². The van der Waals surface area contributed by atoms with E-state index in [-0.39, 0.29) is 6.42 Å². The van der Waals surface area contributed by atoms with Gasteiger partial charge in [0.2, 0.25) is 0 Å². The maximum atomic E-state index is 13.7. The van der Waals surface area contributed by atoms with Crippen LogP contribution in [0.2, 0.25) is 0 Å². The van der Waals surface area contributed by atoms with Crippen molar-refractivity contribution in [2.24, 2.45) is 0 Å². The van der Waals surface area contributed by atoms with E-state index in [9.17, 15) is 36.0 Å². The van der Waals surface area contributed by atoms with Crippen molar-refractivity contribution in [3.05, 3.63) is 113 Å². The Morgan fingerprint density at radius 2 is 1.44 bits per heavy atom. The number of carbonyl (C=O) groups is 3. The van der Waals surface area contributed by atoms with E-state index in [1.54, 1.807) is 91.0 Å². The third-order valence-corrected chi connectivity index (χ3v) is 8.73. The van der Waals surface area contributed by atoms with Gasteiger partial charge in [0.25, 0.3) is 21.7 Å². The highest BCUT2D eigenvalue weighted by Crippen LogP contribution is 2.43. The molecule has 9 nitrogen and oxygen atoms in total. The average molecular weight is 615 g/mol. The van der Waals surface area contributed by atoms with E-state index in [1.807, 2.05) is 0 Å². The van der Waals surface area contributed by atoms with Crippen LogP contribution in [0.1, 0.15) is 30.1 Å². The fourth-order valence-electron chi connectivity index (χ4n) is 5.05. The number of hydrogen-bond donors (Lipinski definition) is 1. The first-order valence-corrected chi connectivity index (χ1v) is 14.6. The number of halogens is 3. The fourth-order valence-corrected chi connectivity index (χ4v) is 6.15. The molecule has 3 aromatic rings. The number of benzene rings is 3. The van der Waals surface area contributed by atoms with Gasteiger partial charge in [-0.15, -0.1) is 0 Å². The van der Waals surface area contributed by atoms with Crippen LogP contribution in [-0.2, 0) is 29.0 Å². The second-order valence-electron chi connectivity index (χ2n) is 9.79. The van der Waals surface area contributed by atoms with Crippen LogP contribution < -0.4 is 10.1 Å². The van der Waals surface area contributed by atoms with E-state index in [2.05, 4.69) is 5.32 Å². The zero-order chi connectivity index (χ0) is 30.8. The Balaban J connectivity index is 1.44. The molecule has 1 saturated heterocycles. The summed E-state index contributed by atoms with van der Waals surface area (Å²) in [5, 5.41) is 2.47. The highest BCUT2D eigenvalue weighted by atomic mass is 32.2. The molecule has 0 saturated carbocycles. The summed E-state index contributed by atoms with van der Waals surface area (Å²) in [6, 6.07) is 22.8. The Bertz CT molecular complexity index is 1610. The molecule has 0 aliphatic carbocycles. The first-order valence-electron chi connectivity index (χ1n) is 13.1. The molecule has 5 rings (SSSR count). The van der Waals surface area contributed by atoms with E-state index >= 15 is 0 Å². The molecule has 3 aromatic carbocycles. The molecule has 2 atom stereocenters. The number of amides is 2. The lowest BCUT2D eigenvalue weighted by atomic mass is 9.86. The van der Waals surface area contributed by atoms with Crippen LogP contribution in [-0.4, -0.2) is 55.3 Å². The lowest BCUT2D eigenvalue weighted by molar-refractivity contribution is -0.159. The van der Waals surface area contributed by atoms with Gasteiger partial charge >= 0.3 is 11.5 Å². The normalized spacial score (nSPS) is 18.5. The number of allylic oxidation sites excluding steroid dienone is 1. The smallest absolute Gasteiger partial charge is 0.484 e. The fraction of sp³-hybridized carbons (Fsp3) is 0.233. The molecule has 1 fully saturated rings. The summed E-state index contributed by atoms with van der Waals surface area (Å²) in [6.07, 6.45) is -2.08. The maximum absolute atomic E-state index is 13.7. The second kappa shape index (κ2) is 11.9. The van der Waals surface area contributed by atoms with Crippen molar-refractivity contribution in [2.75, 3.05) is 6.61 Å². The SMILES string of the molecule is O=C(COc1ccccc1)N[C@@H]1C(=O)N2C(C(=O)OC(c3ccccc3)c3ccccc3)=C(S(=O)(=O)C(F)(F)F)CCC12. The van der Waals surface area contributed by atoms with Gasteiger partial charge < -0.3 is 14.8 Å². The van der Waals surface area contributed by atoms with E-state index in [0.717, 1.165) is 0 Å². The molecule has 2 amide bonds. The van der Waals surface area contributed by atoms with Gasteiger partial charge in [0, 0.05) is 0 Å². The number of alkyl halides is 3. The number of fused-ring (bicyclic) bond motifs is 1. The minimum atomic E-state index is -6.01. The molecule has 1 N–H and O–H groups in total. The Kier molecular flexibility index (Phi) is 8.27. The molecule has 2 aliphatic rings. The zero-order valence-electron chi connectivity index (χ0n) is 22.4. The molecular formula is C30H25F3N2O7S. The number of para-hydroxylation sites is 1. The lowest BCUT2D eigenvalue weighted by Gasteiger charge is -2.50. The summed E-state index contributed by atoms with van der Waals surface area (Å²) in [6.45, 7) is -0.450. The molecular weight excluding hydrogens is 589 g/mol. The number of carbonyl (C=O) groups excluding carboxylic acids is 3. The summed E-state index contributed by atoms with van der Waals surface area (Å²) < 4.78 is 77.4. The summed E-state index contributed by atoms with van der Waals surface area (Å²) in [7, 11) is -6.01. The second-order valence-corrected chi connectivity index (χ2v) is 11.8. The Morgan fingerprint density at radius 1 is 0.907 bits per heavy atom. The molecule has 0 bridgehead atoms. The van der Waals surface area contributed by atoms with Gasteiger partial charge in [-0.2, -0.15) is 13.2 Å². The van der Waals surface area contributed by atoms with Gasteiger partial charge in [-0.05, 0) is 36.1 Å². The van der Waals surface area contributed by atoms with Crippen LogP contribution in [0.4, 0.5) is 13.2 Å². The molecule has 2 aliphatic heterocycles. The Labute approximate surface area is 244 Å². The quantitative estimate of drug-likeness (QED) is 0.286. The summed E-state index contributed by atoms with van der Waals surface area (Å²) >= 11 is 0. The average Bonchev–Trinajstić information content (AvgIpc) is 3.01. The summed E-state index contributed by atoms with van der Waals surface area (Å²) in [4.78, 5) is 38.8. The zero-order valence-corrected chi connectivity index (χ0v) is 23.2. The van der Waals surface area contributed by atoms with Gasteiger partial charge in [0.1, 0.15) is 17.5 Å². The molecule has 0 radical (unpaired) electrons. The predicted molar refractivity (Wildman–Crippen MR) is 147 cm³/mol. The standard InChI is InChI=1S/C30H25F3N2O7S/c31-30(32,33)43(39,40)23-17-16-22-25(34-24(36)18-41-21-14-8-3-9-15-21)28(37)35(22)26(23)29(38)42-27(19-10-4-1-5-11-19)20-12-6-2-7-13-20/h1-15,22,25,27H,16-18H2,(H,34,36)/t22?,25-/m0/s1. The van der Waals surface area contributed by atoms with E-state index < -0.39 is 74.9 Å². The number of sulfone groups is 1. The monoisotopic (exact) mass is 614 g/mol.